The van der Waals surface area contributed by atoms with Crippen LogP contribution < -0.4 is 5.32 Å². The Kier molecular flexibility index (Phi) is 4.11. The molecule has 0 fully saturated rings. The van der Waals surface area contributed by atoms with E-state index < -0.39 is 0 Å². The minimum Gasteiger partial charge on any atom is -0.309 e. The molecule has 0 atom stereocenters. The van der Waals surface area contributed by atoms with Crippen molar-refractivity contribution in [3.63, 3.8) is 0 Å². The summed E-state index contributed by atoms with van der Waals surface area (Å²) in [4.78, 5) is 12.0. The number of nitrogens with one attached hydrogen (secondary N) is 1. The van der Waals surface area contributed by atoms with Crippen LogP contribution in [0.25, 0.3) is 10.9 Å². The van der Waals surface area contributed by atoms with Crippen LogP contribution in [0.15, 0.2) is 36.7 Å². The van der Waals surface area contributed by atoms with Crippen LogP contribution in [0.4, 0.5) is 5.82 Å². The van der Waals surface area contributed by atoms with Crippen molar-refractivity contribution in [2.75, 3.05) is 5.32 Å². The maximum Gasteiger partial charge on any atom is 0.227 e. The summed E-state index contributed by atoms with van der Waals surface area (Å²) in [6.07, 6.45) is 3.92. The van der Waals surface area contributed by atoms with Crippen LogP contribution in [-0.4, -0.2) is 25.5 Å². The van der Waals surface area contributed by atoms with E-state index in [1.54, 1.807) is 21.6 Å². The summed E-state index contributed by atoms with van der Waals surface area (Å²) in [6.45, 7) is 3.26. The third kappa shape index (κ3) is 3.12. The summed E-state index contributed by atoms with van der Waals surface area (Å²) in [5.41, 5.74) is 0.926. The van der Waals surface area contributed by atoms with E-state index in [0.29, 0.717) is 23.8 Å². The van der Waals surface area contributed by atoms with E-state index in [-0.39, 0.29) is 5.91 Å². The largest absolute Gasteiger partial charge is 0.309 e. The SMILES string of the molecule is CCn1ccc(NC(=O)CCn2ncc3ccc(Cl)cc32)n1. The molecule has 0 aliphatic carbocycles. The highest BCUT2D eigenvalue weighted by molar-refractivity contribution is 6.31. The number of rotatable bonds is 5. The molecule has 6 nitrogen and oxygen atoms in total. The van der Waals surface area contributed by atoms with Gasteiger partial charge in [-0.15, -0.1) is 0 Å². The van der Waals surface area contributed by atoms with Gasteiger partial charge in [-0.3, -0.25) is 14.2 Å². The molecule has 0 aliphatic heterocycles. The quantitative estimate of drug-likeness (QED) is 0.787. The van der Waals surface area contributed by atoms with Crippen molar-refractivity contribution in [3.05, 3.63) is 41.7 Å². The topological polar surface area (TPSA) is 64.7 Å². The van der Waals surface area contributed by atoms with Crippen molar-refractivity contribution in [2.45, 2.75) is 26.4 Å². The van der Waals surface area contributed by atoms with Crippen LogP contribution in [-0.2, 0) is 17.9 Å². The molecule has 0 radical (unpaired) electrons. The lowest BCUT2D eigenvalue weighted by Crippen LogP contribution is -2.15. The summed E-state index contributed by atoms with van der Waals surface area (Å²) < 4.78 is 3.55. The predicted octanol–water partition coefficient (Wildman–Crippen LogP) is 2.93. The summed E-state index contributed by atoms with van der Waals surface area (Å²) in [7, 11) is 0. The number of nitrogens with zero attached hydrogens (tertiary/aromatic N) is 4. The van der Waals surface area contributed by atoms with Crippen LogP contribution in [0.2, 0.25) is 5.02 Å². The number of fused-ring (bicyclic) bond motifs is 1. The van der Waals surface area contributed by atoms with E-state index in [4.69, 9.17) is 11.6 Å². The first-order chi connectivity index (χ1) is 10.7. The van der Waals surface area contributed by atoms with Gasteiger partial charge in [0.25, 0.3) is 0 Å². The molecule has 1 N–H and O–H groups in total. The number of aryl methyl sites for hydroxylation is 2. The standard InChI is InChI=1S/C15H16ClN5O/c1-2-20-7-5-14(19-20)18-15(22)6-8-21-13-9-12(16)4-3-11(13)10-17-21/h3-5,7,9-10H,2,6,8H2,1H3,(H,18,19,22). The zero-order valence-corrected chi connectivity index (χ0v) is 12.9. The smallest absolute Gasteiger partial charge is 0.227 e. The second-order valence-corrected chi connectivity index (χ2v) is 5.36. The maximum absolute atomic E-state index is 12.0. The van der Waals surface area contributed by atoms with E-state index in [1.807, 2.05) is 31.3 Å². The lowest BCUT2D eigenvalue weighted by Gasteiger charge is -2.04. The maximum atomic E-state index is 12.0. The van der Waals surface area contributed by atoms with Crippen molar-refractivity contribution < 1.29 is 4.79 Å². The third-order valence-corrected chi connectivity index (χ3v) is 3.62. The Morgan fingerprint density at radius 1 is 1.36 bits per heavy atom. The molecular formula is C15H16ClN5O. The molecule has 1 aromatic carbocycles. The van der Waals surface area contributed by atoms with Gasteiger partial charge < -0.3 is 5.32 Å². The van der Waals surface area contributed by atoms with Crippen molar-refractivity contribution in [3.8, 4) is 0 Å². The first kappa shape index (κ1) is 14.6. The first-order valence-electron chi connectivity index (χ1n) is 7.10. The predicted molar refractivity (Wildman–Crippen MR) is 85.9 cm³/mol. The molecule has 0 saturated carbocycles. The molecule has 114 valence electrons. The molecule has 0 aliphatic rings. The Balaban J connectivity index is 1.63. The van der Waals surface area contributed by atoms with Crippen LogP contribution >= 0.6 is 11.6 Å². The van der Waals surface area contributed by atoms with E-state index >= 15 is 0 Å². The first-order valence-corrected chi connectivity index (χ1v) is 7.48. The Labute approximate surface area is 132 Å². The average Bonchev–Trinajstić information content (AvgIpc) is 3.11. The van der Waals surface area contributed by atoms with Gasteiger partial charge in [0, 0.05) is 35.6 Å². The van der Waals surface area contributed by atoms with Gasteiger partial charge >= 0.3 is 0 Å². The summed E-state index contributed by atoms with van der Waals surface area (Å²) in [6, 6.07) is 7.38. The number of aromatic nitrogens is 4. The van der Waals surface area contributed by atoms with Gasteiger partial charge in [-0.1, -0.05) is 11.6 Å². The van der Waals surface area contributed by atoms with E-state index in [1.165, 1.54) is 0 Å². The van der Waals surface area contributed by atoms with Gasteiger partial charge in [0.2, 0.25) is 5.91 Å². The fourth-order valence-corrected chi connectivity index (χ4v) is 2.41. The van der Waals surface area contributed by atoms with Crippen molar-refractivity contribution in [1.82, 2.24) is 19.6 Å². The second-order valence-electron chi connectivity index (χ2n) is 4.93. The fraction of sp³-hybridized carbons (Fsp3) is 0.267. The summed E-state index contributed by atoms with van der Waals surface area (Å²) >= 11 is 6.00. The molecule has 0 unspecified atom stereocenters. The number of hydrogen-bond acceptors (Lipinski definition) is 3. The molecular weight excluding hydrogens is 302 g/mol. The number of amides is 1. The van der Waals surface area contributed by atoms with E-state index in [9.17, 15) is 4.79 Å². The van der Waals surface area contributed by atoms with Crippen LogP contribution in [0, 0.1) is 0 Å². The Hall–Kier alpha value is -2.34. The third-order valence-electron chi connectivity index (χ3n) is 3.39. The Morgan fingerprint density at radius 3 is 3.00 bits per heavy atom. The zero-order chi connectivity index (χ0) is 15.5. The number of halogens is 1. The van der Waals surface area contributed by atoms with Gasteiger partial charge in [0.05, 0.1) is 18.3 Å². The lowest BCUT2D eigenvalue weighted by atomic mass is 10.2. The molecule has 0 spiro atoms. The lowest BCUT2D eigenvalue weighted by molar-refractivity contribution is -0.116. The van der Waals surface area contributed by atoms with Gasteiger partial charge in [0.15, 0.2) is 5.82 Å². The van der Waals surface area contributed by atoms with Gasteiger partial charge in [0.1, 0.15) is 0 Å². The molecule has 22 heavy (non-hydrogen) atoms. The van der Waals surface area contributed by atoms with Crippen LogP contribution in [0.5, 0.6) is 0 Å². The molecule has 3 rings (SSSR count). The number of benzene rings is 1. The molecule has 1 amide bonds. The highest BCUT2D eigenvalue weighted by Gasteiger charge is 2.08. The molecule has 0 saturated heterocycles. The molecule has 2 aromatic heterocycles. The normalized spacial score (nSPS) is 11.0. The number of hydrogen-bond donors (Lipinski definition) is 1. The van der Waals surface area contributed by atoms with Crippen molar-refractivity contribution in [2.24, 2.45) is 0 Å². The molecule has 2 heterocycles. The molecule has 0 bridgehead atoms. The molecule has 3 aromatic rings. The summed E-state index contributed by atoms with van der Waals surface area (Å²) in [5.74, 6) is 0.479. The number of carbonyl (C=O) groups excluding carboxylic acids is 1. The highest BCUT2D eigenvalue weighted by Crippen LogP contribution is 2.19. The van der Waals surface area contributed by atoms with Crippen LogP contribution in [0.1, 0.15) is 13.3 Å². The monoisotopic (exact) mass is 317 g/mol. The minimum absolute atomic E-state index is 0.0907. The van der Waals surface area contributed by atoms with Gasteiger partial charge in [-0.05, 0) is 25.1 Å². The Bertz CT molecular complexity index is 807. The minimum atomic E-state index is -0.0907. The Morgan fingerprint density at radius 2 is 2.23 bits per heavy atom. The number of anilines is 1. The van der Waals surface area contributed by atoms with Crippen molar-refractivity contribution in [1.29, 1.82) is 0 Å². The fourth-order valence-electron chi connectivity index (χ4n) is 2.24. The van der Waals surface area contributed by atoms with Crippen molar-refractivity contribution >= 4 is 34.2 Å². The van der Waals surface area contributed by atoms with Gasteiger partial charge in [-0.2, -0.15) is 10.2 Å². The van der Waals surface area contributed by atoms with E-state index in [2.05, 4.69) is 15.5 Å². The van der Waals surface area contributed by atoms with Crippen LogP contribution in [0.3, 0.4) is 0 Å². The average molecular weight is 318 g/mol. The second kappa shape index (κ2) is 6.19. The van der Waals surface area contributed by atoms with E-state index in [0.717, 1.165) is 17.4 Å². The highest BCUT2D eigenvalue weighted by atomic mass is 35.5. The van der Waals surface area contributed by atoms with Gasteiger partial charge in [-0.25, -0.2) is 0 Å². The summed E-state index contributed by atoms with van der Waals surface area (Å²) in [5, 5.41) is 13.0. The number of carbonyl (C=O) groups is 1. The molecule has 7 heteroatoms. The zero-order valence-electron chi connectivity index (χ0n) is 12.2.